The minimum Gasteiger partial charge on any atom is -0.0619 e. The van der Waals surface area contributed by atoms with E-state index in [0.29, 0.717) is 0 Å². The van der Waals surface area contributed by atoms with Gasteiger partial charge in [-0.25, -0.2) is 0 Å². The van der Waals surface area contributed by atoms with Crippen LogP contribution in [0.25, 0.3) is 22.3 Å². The van der Waals surface area contributed by atoms with Gasteiger partial charge in [0.1, 0.15) is 0 Å². The highest BCUT2D eigenvalue weighted by Gasteiger charge is 2.41. The fourth-order valence-electron chi connectivity index (χ4n) is 4.90. The smallest absolute Gasteiger partial charge is 0.0158 e. The van der Waals surface area contributed by atoms with E-state index in [-0.39, 0.29) is 10.8 Å². The van der Waals surface area contributed by atoms with E-state index in [2.05, 4.69) is 88.4 Å². The third-order valence-corrected chi connectivity index (χ3v) is 6.29. The Hall–Kier alpha value is -2.34. The summed E-state index contributed by atoms with van der Waals surface area (Å²) in [7, 11) is 0. The summed E-state index contributed by atoms with van der Waals surface area (Å²) in [6.45, 7) is 9.44. The van der Waals surface area contributed by atoms with Crippen molar-refractivity contribution in [1.29, 1.82) is 0 Å². The summed E-state index contributed by atoms with van der Waals surface area (Å²) >= 11 is 0. The Kier molecular flexibility index (Phi) is 2.45. The molecule has 0 saturated carbocycles. The molecule has 0 spiro atoms. The van der Waals surface area contributed by atoms with Gasteiger partial charge >= 0.3 is 0 Å². The van der Waals surface area contributed by atoms with Crippen molar-refractivity contribution in [2.75, 3.05) is 0 Å². The van der Waals surface area contributed by atoms with E-state index in [1.807, 2.05) is 0 Å². The van der Waals surface area contributed by atoms with E-state index in [9.17, 15) is 0 Å². The van der Waals surface area contributed by atoms with Crippen molar-refractivity contribution >= 4 is 0 Å². The van der Waals surface area contributed by atoms with Crippen LogP contribution in [0.2, 0.25) is 0 Å². The first-order chi connectivity index (χ1) is 11.4. The Morgan fingerprint density at radius 1 is 0.458 bits per heavy atom. The van der Waals surface area contributed by atoms with E-state index in [0.717, 1.165) is 0 Å². The Balaban J connectivity index is 1.88. The molecule has 3 aromatic rings. The van der Waals surface area contributed by atoms with E-state index in [1.165, 1.54) is 44.5 Å². The number of benzene rings is 3. The summed E-state index contributed by atoms with van der Waals surface area (Å²) in [4.78, 5) is 0. The van der Waals surface area contributed by atoms with Gasteiger partial charge in [-0.1, -0.05) is 82.3 Å². The van der Waals surface area contributed by atoms with Gasteiger partial charge in [0, 0.05) is 10.8 Å². The van der Waals surface area contributed by atoms with Crippen LogP contribution in [0.5, 0.6) is 0 Å². The molecule has 0 nitrogen and oxygen atoms in total. The lowest BCUT2D eigenvalue weighted by Crippen LogP contribution is -2.18. The van der Waals surface area contributed by atoms with Crippen molar-refractivity contribution in [3.05, 3.63) is 82.9 Å². The van der Waals surface area contributed by atoms with E-state index in [4.69, 9.17) is 0 Å². The van der Waals surface area contributed by atoms with Crippen LogP contribution < -0.4 is 0 Å². The molecule has 5 rings (SSSR count). The Labute approximate surface area is 144 Å². The Morgan fingerprint density at radius 2 is 0.875 bits per heavy atom. The van der Waals surface area contributed by atoms with Crippen LogP contribution >= 0.6 is 0 Å². The predicted octanol–water partition coefficient (Wildman–Crippen LogP) is 6.30. The minimum atomic E-state index is 0.0752. The maximum atomic E-state index is 2.49. The zero-order chi connectivity index (χ0) is 16.7. The molecule has 118 valence electrons. The van der Waals surface area contributed by atoms with Crippen molar-refractivity contribution in [1.82, 2.24) is 0 Å². The molecule has 0 heterocycles. The van der Waals surface area contributed by atoms with E-state index < -0.39 is 0 Å². The third-order valence-electron chi connectivity index (χ3n) is 6.29. The largest absolute Gasteiger partial charge is 0.0619 e. The van der Waals surface area contributed by atoms with Crippen molar-refractivity contribution in [3.8, 4) is 22.3 Å². The normalized spacial score (nSPS) is 17.8. The molecule has 2 aliphatic carbocycles. The monoisotopic (exact) mass is 310 g/mol. The molecule has 0 atom stereocenters. The summed E-state index contributed by atoms with van der Waals surface area (Å²) < 4.78 is 0. The van der Waals surface area contributed by atoms with Gasteiger partial charge in [-0.05, 0) is 50.6 Å². The number of rotatable bonds is 0. The van der Waals surface area contributed by atoms with Crippen molar-refractivity contribution in [2.45, 2.75) is 38.5 Å². The lowest BCUT2D eigenvalue weighted by atomic mass is 9.78. The van der Waals surface area contributed by atoms with Gasteiger partial charge in [-0.15, -0.1) is 0 Å². The molecule has 0 heteroatoms. The number of hydrogen-bond acceptors (Lipinski definition) is 0. The van der Waals surface area contributed by atoms with Gasteiger partial charge in [0.25, 0.3) is 0 Å². The molecule has 2 aliphatic rings. The summed E-state index contributed by atoms with van der Waals surface area (Å²) in [6, 6.07) is 22.7. The fourth-order valence-corrected chi connectivity index (χ4v) is 4.90. The zero-order valence-electron chi connectivity index (χ0n) is 14.8. The molecule has 3 aromatic carbocycles. The minimum absolute atomic E-state index is 0.0752. The lowest BCUT2D eigenvalue weighted by Gasteiger charge is -2.25. The van der Waals surface area contributed by atoms with Crippen molar-refractivity contribution in [3.63, 3.8) is 0 Å². The Morgan fingerprint density at radius 3 is 1.33 bits per heavy atom. The molecule has 0 bridgehead atoms. The van der Waals surface area contributed by atoms with Crippen LogP contribution in [0, 0.1) is 0 Å². The van der Waals surface area contributed by atoms with Gasteiger partial charge in [0.15, 0.2) is 0 Å². The fraction of sp³-hybridized carbons (Fsp3) is 0.250. The van der Waals surface area contributed by atoms with Gasteiger partial charge in [0.05, 0.1) is 0 Å². The highest BCUT2D eigenvalue weighted by molar-refractivity contribution is 5.89. The molecule has 0 amide bonds. The highest BCUT2D eigenvalue weighted by Crippen LogP contribution is 2.55. The maximum absolute atomic E-state index is 2.49. The van der Waals surface area contributed by atoms with Crippen LogP contribution in [0.3, 0.4) is 0 Å². The molecular weight excluding hydrogens is 288 g/mol. The van der Waals surface area contributed by atoms with Gasteiger partial charge < -0.3 is 0 Å². The second-order valence-corrected chi connectivity index (χ2v) is 8.28. The first kappa shape index (κ1) is 14.0. The summed E-state index contributed by atoms with van der Waals surface area (Å²) in [6.07, 6.45) is 0. The SMILES string of the molecule is CC1(C)c2ccccc2-c2cc3c(cc21)C(C)(C)c1ccccc1-3. The first-order valence-corrected chi connectivity index (χ1v) is 8.81. The maximum Gasteiger partial charge on any atom is 0.0158 e. The van der Waals surface area contributed by atoms with Crippen LogP contribution in [-0.4, -0.2) is 0 Å². The van der Waals surface area contributed by atoms with Gasteiger partial charge in [-0.2, -0.15) is 0 Å². The molecular formula is C24H22. The summed E-state index contributed by atoms with van der Waals surface area (Å²) in [5, 5.41) is 0. The van der Waals surface area contributed by atoms with Gasteiger partial charge in [0.2, 0.25) is 0 Å². The molecule has 0 fully saturated rings. The zero-order valence-corrected chi connectivity index (χ0v) is 14.8. The quantitative estimate of drug-likeness (QED) is 0.457. The van der Waals surface area contributed by atoms with Crippen LogP contribution in [-0.2, 0) is 10.8 Å². The average Bonchev–Trinajstić information content (AvgIpc) is 2.95. The van der Waals surface area contributed by atoms with Gasteiger partial charge in [-0.3, -0.25) is 0 Å². The van der Waals surface area contributed by atoms with E-state index >= 15 is 0 Å². The molecule has 0 unspecified atom stereocenters. The second-order valence-electron chi connectivity index (χ2n) is 8.28. The standard InChI is InChI=1S/C24H22/c1-23(2)19-11-7-5-9-15(19)17-13-18-16-10-6-8-12-20(16)24(3,4)22(18)14-21(17)23/h5-14H,1-4H3. The molecule has 0 saturated heterocycles. The summed E-state index contributed by atoms with van der Waals surface area (Å²) in [5.41, 5.74) is 11.7. The van der Waals surface area contributed by atoms with E-state index in [1.54, 1.807) is 0 Å². The first-order valence-electron chi connectivity index (χ1n) is 8.81. The van der Waals surface area contributed by atoms with Crippen LogP contribution in [0.15, 0.2) is 60.7 Å². The summed E-state index contributed by atoms with van der Waals surface area (Å²) in [5.74, 6) is 0. The molecule has 0 N–H and O–H groups in total. The molecule has 24 heavy (non-hydrogen) atoms. The highest BCUT2D eigenvalue weighted by atomic mass is 14.4. The second kappa shape index (κ2) is 4.19. The van der Waals surface area contributed by atoms with Crippen LogP contribution in [0.4, 0.5) is 0 Å². The predicted molar refractivity (Wildman–Crippen MR) is 102 cm³/mol. The van der Waals surface area contributed by atoms with Crippen LogP contribution in [0.1, 0.15) is 49.9 Å². The number of fused-ring (bicyclic) bond motifs is 6. The number of hydrogen-bond donors (Lipinski definition) is 0. The Bertz CT molecular complexity index is 924. The topological polar surface area (TPSA) is 0 Å². The average molecular weight is 310 g/mol. The third kappa shape index (κ3) is 1.50. The lowest BCUT2D eigenvalue weighted by molar-refractivity contribution is 0.639. The van der Waals surface area contributed by atoms with Crippen molar-refractivity contribution < 1.29 is 0 Å². The molecule has 0 radical (unpaired) electrons. The van der Waals surface area contributed by atoms with Crippen molar-refractivity contribution in [2.24, 2.45) is 0 Å². The molecule has 0 aliphatic heterocycles. The molecule has 0 aromatic heterocycles.